The number of hydrogen-bond donors (Lipinski definition) is 1. The molecule has 0 spiro atoms. The van der Waals surface area contributed by atoms with E-state index in [1.165, 1.54) is 4.57 Å². The molecule has 1 heterocycles. The number of benzene rings is 2. The molecule has 3 aromatic rings. The molecule has 0 aliphatic carbocycles. The summed E-state index contributed by atoms with van der Waals surface area (Å²) in [5.74, 6) is -1.13. The lowest BCUT2D eigenvalue weighted by atomic mass is 9.94. The SMILES string of the molecule is Cn1c(C(OC(C)(C)C)C(=O)O)c(-c2ccccc2)c2ccccc2c1=O. The van der Waals surface area contributed by atoms with Gasteiger partial charge in [0.1, 0.15) is 0 Å². The van der Waals surface area contributed by atoms with Gasteiger partial charge in [0, 0.05) is 18.0 Å². The fraction of sp³-hybridized carbons (Fsp3) is 0.273. The first kappa shape index (κ1) is 18.9. The monoisotopic (exact) mass is 365 g/mol. The molecule has 0 bridgehead atoms. The van der Waals surface area contributed by atoms with E-state index < -0.39 is 17.7 Å². The molecule has 140 valence electrons. The van der Waals surface area contributed by atoms with Crippen LogP contribution in [0.1, 0.15) is 32.6 Å². The molecule has 0 radical (unpaired) electrons. The molecule has 0 aliphatic rings. The van der Waals surface area contributed by atoms with Gasteiger partial charge < -0.3 is 14.4 Å². The molecule has 0 saturated carbocycles. The van der Waals surface area contributed by atoms with Gasteiger partial charge in [0.05, 0.1) is 11.3 Å². The number of rotatable bonds is 4. The smallest absolute Gasteiger partial charge is 0.339 e. The van der Waals surface area contributed by atoms with Crippen LogP contribution in [0, 0.1) is 0 Å². The van der Waals surface area contributed by atoms with Crippen LogP contribution in [0.3, 0.4) is 0 Å². The summed E-state index contributed by atoms with van der Waals surface area (Å²) in [6.45, 7) is 5.39. The Bertz CT molecular complexity index is 1050. The average Bonchev–Trinajstić information content (AvgIpc) is 2.62. The highest BCUT2D eigenvalue weighted by Gasteiger charge is 2.32. The lowest BCUT2D eigenvalue weighted by Crippen LogP contribution is -2.32. The average molecular weight is 365 g/mol. The summed E-state index contributed by atoms with van der Waals surface area (Å²) in [5, 5.41) is 11.2. The minimum atomic E-state index is -1.28. The van der Waals surface area contributed by atoms with Gasteiger partial charge in [0.15, 0.2) is 6.10 Å². The minimum Gasteiger partial charge on any atom is -0.479 e. The number of fused-ring (bicyclic) bond motifs is 1. The Morgan fingerprint density at radius 1 is 1.00 bits per heavy atom. The number of nitrogens with zero attached hydrogens (tertiary/aromatic N) is 1. The van der Waals surface area contributed by atoms with Crippen LogP contribution in [0.5, 0.6) is 0 Å². The lowest BCUT2D eigenvalue weighted by Gasteiger charge is -2.28. The Morgan fingerprint density at radius 3 is 2.11 bits per heavy atom. The van der Waals surface area contributed by atoms with Crippen LogP contribution in [0.15, 0.2) is 59.4 Å². The van der Waals surface area contributed by atoms with E-state index in [1.54, 1.807) is 40.0 Å². The summed E-state index contributed by atoms with van der Waals surface area (Å²) in [7, 11) is 1.60. The molecule has 1 unspecified atom stereocenters. The van der Waals surface area contributed by atoms with E-state index in [9.17, 15) is 14.7 Å². The van der Waals surface area contributed by atoms with Gasteiger partial charge >= 0.3 is 5.97 Å². The Balaban J connectivity index is 2.46. The predicted molar refractivity (Wildman–Crippen MR) is 106 cm³/mol. The first-order valence-corrected chi connectivity index (χ1v) is 8.78. The zero-order valence-corrected chi connectivity index (χ0v) is 15.9. The Kier molecular flexibility index (Phi) is 4.89. The molecule has 2 aromatic carbocycles. The van der Waals surface area contributed by atoms with Crippen molar-refractivity contribution in [3.05, 3.63) is 70.6 Å². The van der Waals surface area contributed by atoms with Crippen LogP contribution in [-0.4, -0.2) is 21.2 Å². The second kappa shape index (κ2) is 7.00. The maximum absolute atomic E-state index is 12.9. The highest BCUT2D eigenvalue weighted by molar-refractivity contribution is 5.98. The lowest BCUT2D eigenvalue weighted by molar-refractivity contribution is -0.161. The third kappa shape index (κ3) is 3.64. The summed E-state index contributed by atoms with van der Waals surface area (Å²) in [6.07, 6.45) is -1.28. The molecule has 0 amide bonds. The molecule has 3 rings (SSSR count). The zero-order chi connectivity index (χ0) is 19.8. The van der Waals surface area contributed by atoms with Crippen molar-refractivity contribution in [2.75, 3.05) is 0 Å². The van der Waals surface area contributed by atoms with Crippen molar-refractivity contribution in [3.8, 4) is 11.1 Å². The summed E-state index contributed by atoms with van der Waals surface area (Å²) >= 11 is 0. The van der Waals surface area contributed by atoms with Crippen molar-refractivity contribution in [2.24, 2.45) is 7.05 Å². The first-order valence-electron chi connectivity index (χ1n) is 8.78. The number of carboxylic acid groups (broad SMARTS) is 1. The zero-order valence-electron chi connectivity index (χ0n) is 15.9. The van der Waals surface area contributed by atoms with Gasteiger partial charge in [0.2, 0.25) is 0 Å². The minimum absolute atomic E-state index is 0.246. The number of aromatic nitrogens is 1. The van der Waals surface area contributed by atoms with Crippen LogP contribution in [0.25, 0.3) is 21.9 Å². The van der Waals surface area contributed by atoms with Gasteiger partial charge in [0.25, 0.3) is 5.56 Å². The molecule has 5 heteroatoms. The second-order valence-corrected chi connectivity index (χ2v) is 7.48. The van der Waals surface area contributed by atoms with Crippen molar-refractivity contribution in [3.63, 3.8) is 0 Å². The van der Waals surface area contributed by atoms with Gasteiger partial charge in [-0.1, -0.05) is 48.5 Å². The number of ether oxygens (including phenoxy) is 1. The molecular formula is C22H23NO4. The quantitative estimate of drug-likeness (QED) is 0.754. The number of carboxylic acids is 1. The van der Waals surface area contributed by atoms with Crippen molar-refractivity contribution in [1.82, 2.24) is 4.57 Å². The molecule has 1 N–H and O–H groups in total. The van der Waals surface area contributed by atoms with Crippen molar-refractivity contribution >= 4 is 16.7 Å². The standard InChI is InChI=1S/C22H23NO4/c1-22(2,3)27-19(21(25)26)18-17(14-10-6-5-7-11-14)15-12-8-9-13-16(15)20(24)23(18)4/h5-13,19H,1-4H3,(H,25,26). The van der Waals surface area contributed by atoms with Crippen LogP contribution >= 0.6 is 0 Å². The van der Waals surface area contributed by atoms with Gasteiger partial charge in [-0.05, 0) is 37.8 Å². The summed E-state index contributed by atoms with van der Waals surface area (Å²) in [4.78, 5) is 25.1. The molecule has 1 aromatic heterocycles. The van der Waals surface area contributed by atoms with Crippen LogP contribution in [0.2, 0.25) is 0 Å². The summed E-state index contributed by atoms with van der Waals surface area (Å²) in [6, 6.07) is 16.7. The van der Waals surface area contributed by atoms with E-state index in [1.807, 2.05) is 42.5 Å². The Morgan fingerprint density at radius 2 is 1.56 bits per heavy atom. The van der Waals surface area contributed by atoms with E-state index in [-0.39, 0.29) is 5.56 Å². The van der Waals surface area contributed by atoms with Crippen LogP contribution in [0.4, 0.5) is 0 Å². The molecule has 1 atom stereocenters. The Hall–Kier alpha value is -2.92. The number of aliphatic carboxylic acids is 1. The van der Waals surface area contributed by atoms with E-state index >= 15 is 0 Å². The number of hydrogen-bond acceptors (Lipinski definition) is 3. The molecule has 0 aliphatic heterocycles. The maximum atomic E-state index is 12.9. The van der Waals surface area contributed by atoms with E-state index in [2.05, 4.69) is 0 Å². The maximum Gasteiger partial charge on any atom is 0.339 e. The topological polar surface area (TPSA) is 68.5 Å². The third-order valence-electron chi connectivity index (χ3n) is 4.36. The molecule has 0 fully saturated rings. The number of carbonyl (C=O) groups is 1. The van der Waals surface area contributed by atoms with Gasteiger partial charge in [-0.15, -0.1) is 0 Å². The summed E-state index contributed by atoms with van der Waals surface area (Å²) in [5.41, 5.74) is 0.933. The predicted octanol–water partition coefficient (Wildman–Crippen LogP) is 4.15. The van der Waals surface area contributed by atoms with E-state index in [0.29, 0.717) is 22.0 Å². The molecule has 27 heavy (non-hydrogen) atoms. The van der Waals surface area contributed by atoms with Crippen LogP contribution < -0.4 is 5.56 Å². The normalized spacial score (nSPS) is 12.9. The Labute approximate surface area is 157 Å². The third-order valence-corrected chi connectivity index (χ3v) is 4.36. The fourth-order valence-electron chi connectivity index (χ4n) is 3.28. The number of pyridine rings is 1. The molecule has 0 saturated heterocycles. The van der Waals surface area contributed by atoms with Crippen molar-refractivity contribution in [2.45, 2.75) is 32.5 Å². The van der Waals surface area contributed by atoms with E-state index in [0.717, 1.165) is 5.56 Å². The highest BCUT2D eigenvalue weighted by atomic mass is 16.5. The fourth-order valence-corrected chi connectivity index (χ4v) is 3.28. The summed E-state index contributed by atoms with van der Waals surface area (Å²) < 4.78 is 7.27. The first-order chi connectivity index (χ1) is 12.7. The highest BCUT2D eigenvalue weighted by Crippen LogP contribution is 2.36. The van der Waals surface area contributed by atoms with E-state index in [4.69, 9.17) is 4.74 Å². The van der Waals surface area contributed by atoms with Gasteiger partial charge in [-0.2, -0.15) is 0 Å². The molecule has 5 nitrogen and oxygen atoms in total. The van der Waals surface area contributed by atoms with Crippen molar-refractivity contribution in [1.29, 1.82) is 0 Å². The van der Waals surface area contributed by atoms with Gasteiger partial charge in [-0.25, -0.2) is 4.79 Å². The van der Waals surface area contributed by atoms with Crippen LogP contribution in [-0.2, 0) is 16.6 Å². The largest absolute Gasteiger partial charge is 0.479 e. The second-order valence-electron chi connectivity index (χ2n) is 7.48. The van der Waals surface area contributed by atoms with Crippen molar-refractivity contribution < 1.29 is 14.6 Å². The van der Waals surface area contributed by atoms with Gasteiger partial charge in [-0.3, -0.25) is 4.79 Å². The molecular weight excluding hydrogens is 342 g/mol.